The number of morpholine rings is 1. The number of aromatic nitrogens is 2. The maximum Gasteiger partial charge on any atom is 0.295 e. The summed E-state index contributed by atoms with van der Waals surface area (Å²) in [4.78, 5) is 28.1. The van der Waals surface area contributed by atoms with Gasteiger partial charge in [0.1, 0.15) is 5.69 Å². The monoisotopic (exact) mass is 406 g/mol. The van der Waals surface area contributed by atoms with Crippen LogP contribution in [0.3, 0.4) is 0 Å². The number of ether oxygens (including phenoxy) is 1. The van der Waals surface area contributed by atoms with E-state index in [-0.39, 0.29) is 11.5 Å². The highest BCUT2D eigenvalue weighted by atomic mass is 16.5. The van der Waals surface area contributed by atoms with Crippen LogP contribution in [-0.2, 0) is 18.3 Å². The van der Waals surface area contributed by atoms with Gasteiger partial charge in [-0.1, -0.05) is 30.3 Å². The molecule has 4 rings (SSSR count). The van der Waals surface area contributed by atoms with Gasteiger partial charge in [0.25, 0.3) is 11.5 Å². The Bertz CT molecular complexity index is 1080. The lowest BCUT2D eigenvalue weighted by Gasteiger charge is -2.26. The Morgan fingerprint density at radius 1 is 1.03 bits per heavy atom. The van der Waals surface area contributed by atoms with Gasteiger partial charge in [0, 0.05) is 32.2 Å². The summed E-state index contributed by atoms with van der Waals surface area (Å²) in [5, 5.41) is 2.81. The molecule has 1 N–H and O–H groups in total. The average Bonchev–Trinajstić information content (AvgIpc) is 2.98. The zero-order chi connectivity index (χ0) is 21.1. The standard InChI is InChI=1S/C23H26N4O3/c1-17-21(23(29)27(25(17)2)20-6-4-3-5-7-20)24-22(28)19-10-8-18(9-11-19)16-26-12-14-30-15-13-26/h3-11H,12-16H2,1-2H3,(H,24,28). The minimum absolute atomic E-state index is 0.251. The summed E-state index contributed by atoms with van der Waals surface area (Å²) in [6.07, 6.45) is 0. The van der Waals surface area contributed by atoms with Gasteiger partial charge in [-0.25, -0.2) is 4.68 Å². The van der Waals surface area contributed by atoms with Crippen LogP contribution in [0, 0.1) is 6.92 Å². The van der Waals surface area contributed by atoms with Crippen molar-refractivity contribution in [3.8, 4) is 5.69 Å². The van der Waals surface area contributed by atoms with Crippen LogP contribution in [0.2, 0.25) is 0 Å². The number of carbonyl (C=O) groups excluding carboxylic acids is 1. The van der Waals surface area contributed by atoms with Crippen molar-refractivity contribution in [2.45, 2.75) is 13.5 Å². The average molecular weight is 406 g/mol. The molecule has 0 radical (unpaired) electrons. The van der Waals surface area contributed by atoms with Gasteiger partial charge in [-0.3, -0.25) is 19.2 Å². The van der Waals surface area contributed by atoms with Crippen LogP contribution in [-0.4, -0.2) is 46.5 Å². The van der Waals surface area contributed by atoms with E-state index in [1.807, 2.05) is 49.4 Å². The molecule has 30 heavy (non-hydrogen) atoms. The number of hydrogen-bond acceptors (Lipinski definition) is 4. The molecule has 0 aliphatic carbocycles. The van der Waals surface area contributed by atoms with Crippen molar-refractivity contribution in [2.75, 3.05) is 31.6 Å². The molecule has 156 valence electrons. The number of nitrogens with one attached hydrogen (secondary N) is 1. The number of para-hydroxylation sites is 1. The first-order valence-electron chi connectivity index (χ1n) is 10.1. The van der Waals surface area contributed by atoms with Gasteiger partial charge in [0.15, 0.2) is 0 Å². The van der Waals surface area contributed by atoms with Crippen LogP contribution in [0.1, 0.15) is 21.6 Å². The van der Waals surface area contributed by atoms with E-state index in [4.69, 9.17) is 4.74 Å². The third-order valence-corrected chi connectivity index (χ3v) is 5.52. The first-order chi connectivity index (χ1) is 14.5. The Morgan fingerprint density at radius 3 is 2.37 bits per heavy atom. The summed E-state index contributed by atoms with van der Waals surface area (Å²) < 4.78 is 8.68. The lowest BCUT2D eigenvalue weighted by Crippen LogP contribution is -2.35. The Morgan fingerprint density at radius 2 is 1.70 bits per heavy atom. The summed E-state index contributed by atoms with van der Waals surface area (Å²) in [6, 6.07) is 16.9. The molecule has 1 aromatic heterocycles. The summed E-state index contributed by atoms with van der Waals surface area (Å²) >= 11 is 0. The number of carbonyl (C=O) groups is 1. The molecule has 2 aromatic carbocycles. The first kappa shape index (κ1) is 20.1. The van der Waals surface area contributed by atoms with Crippen molar-refractivity contribution in [1.82, 2.24) is 14.3 Å². The van der Waals surface area contributed by atoms with Gasteiger partial charge in [-0.2, -0.15) is 0 Å². The predicted molar refractivity (Wildman–Crippen MR) is 116 cm³/mol. The molecule has 3 aromatic rings. The summed E-state index contributed by atoms with van der Waals surface area (Å²) in [5.41, 5.74) is 3.16. The van der Waals surface area contributed by atoms with Gasteiger partial charge >= 0.3 is 0 Å². The minimum atomic E-state index is -0.293. The number of hydrogen-bond donors (Lipinski definition) is 1. The fourth-order valence-electron chi connectivity index (χ4n) is 3.68. The number of rotatable bonds is 5. The Kier molecular flexibility index (Phi) is 5.83. The number of anilines is 1. The molecule has 2 heterocycles. The maximum atomic E-state index is 13.0. The number of benzene rings is 2. The van der Waals surface area contributed by atoms with Crippen molar-refractivity contribution in [3.05, 3.63) is 81.8 Å². The van der Waals surface area contributed by atoms with Gasteiger partial charge < -0.3 is 10.1 Å². The van der Waals surface area contributed by atoms with Crippen LogP contribution in [0.15, 0.2) is 59.4 Å². The Hall–Kier alpha value is -3.16. The van der Waals surface area contributed by atoms with Gasteiger partial charge in [0.2, 0.25) is 0 Å². The third kappa shape index (κ3) is 4.08. The van der Waals surface area contributed by atoms with E-state index in [0.717, 1.165) is 44.1 Å². The van der Waals surface area contributed by atoms with E-state index >= 15 is 0 Å². The quantitative estimate of drug-likeness (QED) is 0.707. The van der Waals surface area contributed by atoms with Gasteiger partial charge in [0.05, 0.1) is 24.6 Å². The topological polar surface area (TPSA) is 68.5 Å². The van der Waals surface area contributed by atoms with E-state index in [2.05, 4.69) is 10.2 Å². The summed E-state index contributed by atoms with van der Waals surface area (Å²) in [7, 11) is 1.81. The van der Waals surface area contributed by atoms with Crippen molar-refractivity contribution < 1.29 is 9.53 Å². The molecule has 0 unspecified atom stereocenters. The number of amides is 1. The SMILES string of the molecule is Cc1c(NC(=O)c2ccc(CN3CCOCC3)cc2)c(=O)n(-c2ccccc2)n1C. The summed E-state index contributed by atoms with van der Waals surface area (Å²) in [5.74, 6) is -0.293. The van der Waals surface area contributed by atoms with Gasteiger partial charge in [-0.15, -0.1) is 0 Å². The molecule has 0 saturated carbocycles. The molecule has 0 bridgehead atoms. The minimum Gasteiger partial charge on any atom is -0.379 e. The highest BCUT2D eigenvalue weighted by molar-refractivity contribution is 6.04. The molecular weight excluding hydrogens is 380 g/mol. The van der Waals surface area contributed by atoms with Crippen LogP contribution in [0.25, 0.3) is 5.69 Å². The van der Waals surface area contributed by atoms with Crippen molar-refractivity contribution in [3.63, 3.8) is 0 Å². The van der Waals surface area contributed by atoms with E-state index in [1.54, 1.807) is 28.5 Å². The van der Waals surface area contributed by atoms with Gasteiger partial charge in [-0.05, 0) is 36.8 Å². The second-order valence-corrected chi connectivity index (χ2v) is 7.48. The predicted octanol–water partition coefficient (Wildman–Crippen LogP) is 2.57. The van der Waals surface area contributed by atoms with Crippen LogP contribution in [0.4, 0.5) is 5.69 Å². The maximum absolute atomic E-state index is 13.0. The third-order valence-electron chi connectivity index (χ3n) is 5.52. The molecule has 1 fully saturated rings. The van der Waals surface area contributed by atoms with E-state index < -0.39 is 0 Å². The van der Waals surface area contributed by atoms with Crippen LogP contribution < -0.4 is 10.9 Å². The smallest absolute Gasteiger partial charge is 0.295 e. The molecule has 1 amide bonds. The number of nitrogens with zero attached hydrogens (tertiary/aromatic N) is 3. The fourth-order valence-corrected chi connectivity index (χ4v) is 3.68. The molecule has 0 spiro atoms. The van der Waals surface area contributed by atoms with Crippen molar-refractivity contribution >= 4 is 11.6 Å². The molecule has 1 aliphatic rings. The van der Waals surface area contributed by atoms with Crippen molar-refractivity contribution in [1.29, 1.82) is 0 Å². The summed E-state index contributed by atoms with van der Waals surface area (Å²) in [6.45, 7) is 6.02. The highest BCUT2D eigenvalue weighted by Crippen LogP contribution is 2.16. The molecule has 1 aliphatic heterocycles. The lowest BCUT2D eigenvalue weighted by atomic mass is 10.1. The zero-order valence-electron chi connectivity index (χ0n) is 17.3. The zero-order valence-corrected chi connectivity index (χ0v) is 17.3. The highest BCUT2D eigenvalue weighted by Gasteiger charge is 2.19. The fraction of sp³-hybridized carbons (Fsp3) is 0.304. The normalized spacial score (nSPS) is 14.6. The lowest BCUT2D eigenvalue weighted by molar-refractivity contribution is 0.0342. The van der Waals surface area contributed by atoms with Crippen LogP contribution >= 0.6 is 0 Å². The molecule has 0 atom stereocenters. The molecule has 7 nitrogen and oxygen atoms in total. The molecule has 1 saturated heterocycles. The Balaban J connectivity index is 1.51. The first-order valence-corrected chi connectivity index (χ1v) is 10.1. The van der Waals surface area contributed by atoms with E-state index in [1.165, 1.54) is 0 Å². The molecule has 7 heteroatoms. The van der Waals surface area contributed by atoms with E-state index in [9.17, 15) is 9.59 Å². The second-order valence-electron chi connectivity index (χ2n) is 7.48. The van der Waals surface area contributed by atoms with Crippen LogP contribution in [0.5, 0.6) is 0 Å². The second kappa shape index (κ2) is 8.69. The Labute approximate surface area is 175 Å². The molecular formula is C23H26N4O3. The van der Waals surface area contributed by atoms with E-state index in [0.29, 0.717) is 16.9 Å². The van der Waals surface area contributed by atoms with Crippen molar-refractivity contribution in [2.24, 2.45) is 7.05 Å². The largest absolute Gasteiger partial charge is 0.379 e.